The molecule has 0 bridgehead atoms. The molecule has 7 nitrogen and oxygen atoms in total. The Kier molecular flexibility index (Phi) is 6.09. The normalized spacial score (nSPS) is 14.3. The van der Waals surface area contributed by atoms with E-state index in [1.807, 2.05) is 4.90 Å². The number of thiazole rings is 1. The summed E-state index contributed by atoms with van der Waals surface area (Å²) in [5, 5.41) is 0.428. The number of benzene rings is 2. The number of nitrogens with one attached hydrogen (secondary N) is 1. The molecule has 164 valence electrons. The summed E-state index contributed by atoms with van der Waals surface area (Å²) in [6.45, 7) is 3.61. The summed E-state index contributed by atoms with van der Waals surface area (Å²) in [4.78, 5) is 26.5. The minimum Gasteiger partial charge on any atom is -0.343 e. The van der Waals surface area contributed by atoms with E-state index in [1.54, 1.807) is 35.8 Å². The molecule has 1 amide bonds. The van der Waals surface area contributed by atoms with E-state index in [0.717, 1.165) is 42.8 Å². The van der Waals surface area contributed by atoms with Crippen LogP contribution in [0.25, 0.3) is 10.2 Å². The second-order valence-electron chi connectivity index (χ2n) is 7.55. The summed E-state index contributed by atoms with van der Waals surface area (Å²) in [6, 6.07) is 9.55. The van der Waals surface area contributed by atoms with Gasteiger partial charge in [0.05, 0.1) is 20.8 Å². The van der Waals surface area contributed by atoms with Crippen LogP contribution in [0.15, 0.2) is 46.1 Å². The molecular formula is C21H22ClN3O4S2. The van der Waals surface area contributed by atoms with Crippen molar-refractivity contribution in [2.45, 2.75) is 37.6 Å². The Labute approximate surface area is 189 Å². The maximum absolute atomic E-state index is 12.9. The molecule has 1 N–H and O–H groups in total. The van der Waals surface area contributed by atoms with Crippen LogP contribution in [0.4, 0.5) is 5.69 Å². The number of carbonyl (C=O) groups is 1. The number of halogens is 1. The van der Waals surface area contributed by atoms with Gasteiger partial charge in [-0.3, -0.25) is 18.9 Å². The number of aryl methyl sites for hydroxylation is 2. The summed E-state index contributed by atoms with van der Waals surface area (Å²) in [5.74, 6) is 0.0454. The van der Waals surface area contributed by atoms with E-state index < -0.39 is 10.0 Å². The number of likely N-dealkylation sites (tertiary alicyclic amines) is 1. The largest absolute Gasteiger partial charge is 0.343 e. The summed E-state index contributed by atoms with van der Waals surface area (Å²) >= 11 is 6.96. The van der Waals surface area contributed by atoms with Crippen molar-refractivity contribution in [3.63, 3.8) is 0 Å². The second-order valence-corrected chi connectivity index (χ2v) is 10.7. The van der Waals surface area contributed by atoms with E-state index in [9.17, 15) is 18.0 Å². The smallest absolute Gasteiger partial charge is 0.308 e. The van der Waals surface area contributed by atoms with Crippen molar-refractivity contribution < 1.29 is 13.2 Å². The Morgan fingerprint density at radius 2 is 1.90 bits per heavy atom. The molecule has 31 heavy (non-hydrogen) atoms. The lowest BCUT2D eigenvalue weighted by atomic mass is 10.2. The summed E-state index contributed by atoms with van der Waals surface area (Å²) in [7, 11) is -3.86. The van der Waals surface area contributed by atoms with Crippen molar-refractivity contribution in [3.8, 4) is 0 Å². The lowest BCUT2D eigenvalue weighted by Crippen LogP contribution is -2.29. The highest BCUT2D eigenvalue weighted by Crippen LogP contribution is 2.26. The van der Waals surface area contributed by atoms with Gasteiger partial charge < -0.3 is 4.90 Å². The van der Waals surface area contributed by atoms with Crippen LogP contribution in [-0.2, 0) is 21.4 Å². The van der Waals surface area contributed by atoms with Gasteiger partial charge in [-0.2, -0.15) is 0 Å². The van der Waals surface area contributed by atoms with Crippen molar-refractivity contribution in [1.82, 2.24) is 9.47 Å². The van der Waals surface area contributed by atoms with Gasteiger partial charge in [0.2, 0.25) is 5.91 Å². The lowest BCUT2D eigenvalue weighted by Gasteiger charge is -2.15. The fourth-order valence-electron chi connectivity index (χ4n) is 3.67. The molecule has 0 saturated carbocycles. The van der Waals surface area contributed by atoms with Crippen LogP contribution < -0.4 is 9.60 Å². The van der Waals surface area contributed by atoms with E-state index in [-0.39, 0.29) is 28.6 Å². The van der Waals surface area contributed by atoms with E-state index in [4.69, 9.17) is 11.6 Å². The highest BCUT2D eigenvalue weighted by Gasteiger charge is 2.20. The number of sulfonamides is 1. The standard InChI is InChI=1S/C21H22ClN3O4S2/c1-14-4-5-15(22)12-17(14)23-31(28,29)16-6-7-18-19(13-16)30-21(27)25(18)11-8-20(26)24-9-2-3-10-24/h4-7,12-13,23H,2-3,8-11H2,1H3. The van der Waals surface area contributed by atoms with Crippen molar-refractivity contribution >= 4 is 54.8 Å². The number of fused-ring (bicyclic) bond motifs is 1. The van der Waals surface area contributed by atoms with Crippen LogP contribution in [0.2, 0.25) is 5.02 Å². The highest BCUT2D eigenvalue weighted by atomic mass is 35.5. The van der Waals surface area contributed by atoms with Crippen molar-refractivity contribution in [2.24, 2.45) is 0 Å². The molecule has 0 spiro atoms. The molecule has 3 aromatic rings. The highest BCUT2D eigenvalue weighted by molar-refractivity contribution is 7.92. The Morgan fingerprint density at radius 1 is 1.16 bits per heavy atom. The number of nitrogens with zero attached hydrogens (tertiary/aromatic N) is 2. The molecule has 10 heteroatoms. The van der Waals surface area contributed by atoms with E-state index in [0.29, 0.717) is 20.9 Å². The first-order valence-corrected chi connectivity index (χ1v) is 12.6. The van der Waals surface area contributed by atoms with Crippen LogP contribution in [-0.4, -0.2) is 36.9 Å². The Balaban J connectivity index is 1.57. The van der Waals surface area contributed by atoms with E-state index >= 15 is 0 Å². The van der Waals surface area contributed by atoms with Crippen molar-refractivity contribution in [3.05, 3.63) is 56.7 Å². The molecule has 0 unspecified atom stereocenters. The van der Waals surface area contributed by atoms with Crippen molar-refractivity contribution in [2.75, 3.05) is 17.8 Å². The average molecular weight is 480 g/mol. The molecule has 1 fully saturated rings. The molecular weight excluding hydrogens is 458 g/mol. The predicted octanol–water partition coefficient (Wildman–Crippen LogP) is 3.84. The number of hydrogen-bond acceptors (Lipinski definition) is 5. The minimum atomic E-state index is -3.86. The molecule has 2 heterocycles. The van der Waals surface area contributed by atoms with Crippen LogP contribution in [0.1, 0.15) is 24.8 Å². The van der Waals surface area contributed by atoms with Gasteiger partial charge in [-0.05, 0) is 55.7 Å². The third kappa shape index (κ3) is 4.63. The van der Waals surface area contributed by atoms with Gasteiger partial charge in [0, 0.05) is 31.1 Å². The molecule has 2 aromatic carbocycles. The first kappa shape index (κ1) is 21.9. The molecule has 0 atom stereocenters. The zero-order chi connectivity index (χ0) is 22.2. The molecule has 4 rings (SSSR count). The summed E-state index contributed by atoms with van der Waals surface area (Å²) in [5.41, 5.74) is 1.77. The lowest BCUT2D eigenvalue weighted by molar-refractivity contribution is -0.130. The fourth-order valence-corrected chi connectivity index (χ4v) is 6.02. The first-order chi connectivity index (χ1) is 14.7. The second kappa shape index (κ2) is 8.64. The third-order valence-electron chi connectivity index (χ3n) is 5.40. The van der Waals surface area contributed by atoms with Gasteiger partial charge in [-0.15, -0.1) is 0 Å². The minimum absolute atomic E-state index is 0.0454. The third-order valence-corrected chi connectivity index (χ3v) is 7.94. The maximum atomic E-state index is 12.9. The number of rotatable bonds is 6. The topological polar surface area (TPSA) is 88.5 Å². The Morgan fingerprint density at radius 3 is 2.65 bits per heavy atom. The van der Waals surface area contributed by atoms with Crippen LogP contribution in [0, 0.1) is 6.92 Å². The summed E-state index contributed by atoms with van der Waals surface area (Å²) in [6.07, 6.45) is 2.29. The van der Waals surface area contributed by atoms with Gasteiger partial charge in [0.1, 0.15) is 0 Å². The maximum Gasteiger partial charge on any atom is 0.308 e. The summed E-state index contributed by atoms with van der Waals surface area (Å²) < 4.78 is 30.4. The number of amides is 1. The van der Waals surface area contributed by atoms with Crippen molar-refractivity contribution in [1.29, 1.82) is 0 Å². The molecule has 0 aliphatic carbocycles. The van der Waals surface area contributed by atoms with Gasteiger partial charge in [-0.25, -0.2) is 8.42 Å². The molecule has 0 radical (unpaired) electrons. The molecule has 1 saturated heterocycles. The van der Waals surface area contributed by atoms with Crippen LogP contribution in [0.3, 0.4) is 0 Å². The van der Waals surface area contributed by atoms with E-state index in [1.165, 1.54) is 12.1 Å². The van der Waals surface area contributed by atoms with Gasteiger partial charge >= 0.3 is 4.87 Å². The molecule has 1 aromatic heterocycles. The van der Waals surface area contributed by atoms with Gasteiger partial charge in [0.15, 0.2) is 0 Å². The monoisotopic (exact) mass is 479 g/mol. The Hall–Kier alpha value is -2.36. The van der Waals surface area contributed by atoms with Gasteiger partial charge in [-0.1, -0.05) is 29.0 Å². The number of aromatic nitrogens is 1. The zero-order valence-electron chi connectivity index (χ0n) is 16.9. The SMILES string of the molecule is Cc1ccc(Cl)cc1NS(=O)(=O)c1ccc2c(c1)sc(=O)n2CCC(=O)N1CCCC1. The number of anilines is 1. The zero-order valence-corrected chi connectivity index (χ0v) is 19.3. The molecule has 1 aliphatic rings. The fraction of sp³-hybridized carbons (Fsp3) is 0.333. The number of carbonyl (C=O) groups excluding carboxylic acids is 1. The first-order valence-electron chi connectivity index (χ1n) is 9.95. The molecule has 1 aliphatic heterocycles. The van der Waals surface area contributed by atoms with E-state index in [2.05, 4.69) is 4.72 Å². The van der Waals surface area contributed by atoms with Crippen LogP contribution in [0.5, 0.6) is 0 Å². The average Bonchev–Trinajstić information content (AvgIpc) is 3.36. The number of hydrogen-bond donors (Lipinski definition) is 1. The van der Waals surface area contributed by atoms with Gasteiger partial charge in [0.25, 0.3) is 10.0 Å². The Bertz CT molecular complexity index is 1310. The quantitative estimate of drug-likeness (QED) is 0.581. The predicted molar refractivity (Wildman–Crippen MR) is 124 cm³/mol. The van der Waals surface area contributed by atoms with Crippen LogP contribution >= 0.6 is 22.9 Å².